The maximum atomic E-state index is 13.0. The molecule has 1 N–H and O–H groups in total. The maximum Gasteiger partial charge on any atom is 0.416 e. The summed E-state index contributed by atoms with van der Waals surface area (Å²) in [5.74, 6) is -0.265. The number of likely N-dealkylation sites (tertiary alicyclic amines) is 1. The molecular formula is C18H19ClF3N3OS. The molecular weight excluding hydrogens is 399 g/mol. The molecule has 1 aliphatic heterocycles. The fourth-order valence-electron chi connectivity index (χ4n) is 3.00. The van der Waals surface area contributed by atoms with Gasteiger partial charge in [0, 0.05) is 18.7 Å². The summed E-state index contributed by atoms with van der Waals surface area (Å²) in [7, 11) is 0. The van der Waals surface area contributed by atoms with Crippen LogP contribution in [0.25, 0.3) is 10.6 Å². The first-order chi connectivity index (χ1) is 12.8. The lowest BCUT2D eigenvalue weighted by Gasteiger charge is -2.14. The number of nitrogens with zero attached hydrogens (tertiary/aromatic N) is 2. The Bertz CT molecular complexity index is 832. The van der Waals surface area contributed by atoms with Crippen molar-refractivity contribution in [1.82, 2.24) is 15.2 Å². The van der Waals surface area contributed by atoms with Gasteiger partial charge in [0.25, 0.3) is 5.91 Å². The van der Waals surface area contributed by atoms with E-state index in [4.69, 9.17) is 11.6 Å². The molecule has 0 unspecified atom stereocenters. The molecule has 0 aliphatic carbocycles. The van der Waals surface area contributed by atoms with Gasteiger partial charge in [-0.25, -0.2) is 4.98 Å². The second-order valence-corrected chi connectivity index (χ2v) is 7.84. The van der Waals surface area contributed by atoms with Crippen LogP contribution in [0.1, 0.15) is 33.8 Å². The van der Waals surface area contributed by atoms with Crippen molar-refractivity contribution in [3.05, 3.63) is 39.4 Å². The largest absolute Gasteiger partial charge is 0.416 e. The Hall–Kier alpha value is -1.64. The fraction of sp³-hybridized carbons (Fsp3) is 0.444. The Labute approximate surface area is 164 Å². The van der Waals surface area contributed by atoms with E-state index in [9.17, 15) is 18.0 Å². The third-order valence-electron chi connectivity index (χ3n) is 4.44. The molecule has 9 heteroatoms. The predicted molar refractivity (Wildman–Crippen MR) is 100 cm³/mol. The molecule has 3 rings (SSSR count). The van der Waals surface area contributed by atoms with Gasteiger partial charge in [0.05, 0.1) is 16.3 Å². The van der Waals surface area contributed by atoms with Crippen LogP contribution >= 0.6 is 22.9 Å². The van der Waals surface area contributed by atoms with E-state index in [1.807, 2.05) is 0 Å². The van der Waals surface area contributed by atoms with E-state index in [2.05, 4.69) is 15.2 Å². The van der Waals surface area contributed by atoms with Crippen molar-refractivity contribution in [2.45, 2.75) is 25.9 Å². The molecule has 1 fully saturated rings. The average molecular weight is 418 g/mol. The van der Waals surface area contributed by atoms with Crippen LogP contribution in [0.15, 0.2) is 18.2 Å². The van der Waals surface area contributed by atoms with Crippen LogP contribution in [-0.4, -0.2) is 42.0 Å². The Morgan fingerprint density at radius 3 is 2.70 bits per heavy atom. The van der Waals surface area contributed by atoms with Crippen molar-refractivity contribution in [2.75, 3.05) is 26.2 Å². The molecule has 1 amide bonds. The minimum Gasteiger partial charge on any atom is -0.350 e. The summed E-state index contributed by atoms with van der Waals surface area (Å²) in [4.78, 5) is 19.4. The standard InChI is InChI=1S/C18H19ClF3N3OS/c1-11-15(16(26)23-6-9-25-7-2-3-8-25)27-17(24-11)13-10-12(18(20,21)22)4-5-14(13)19/h4-5,10H,2-3,6-9H2,1H3,(H,23,26). The van der Waals surface area contributed by atoms with Crippen LogP contribution in [0, 0.1) is 6.92 Å². The van der Waals surface area contributed by atoms with Crippen LogP contribution in [0.4, 0.5) is 13.2 Å². The molecule has 1 aromatic carbocycles. The molecule has 4 nitrogen and oxygen atoms in total. The molecule has 0 atom stereocenters. The Kier molecular flexibility index (Phi) is 6.08. The molecule has 146 valence electrons. The van der Waals surface area contributed by atoms with E-state index in [0.29, 0.717) is 22.1 Å². The summed E-state index contributed by atoms with van der Waals surface area (Å²) < 4.78 is 38.9. The van der Waals surface area contributed by atoms with Crippen molar-refractivity contribution in [1.29, 1.82) is 0 Å². The Morgan fingerprint density at radius 2 is 2.04 bits per heavy atom. The van der Waals surface area contributed by atoms with Gasteiger partial charge >= 0.3 is 6.18 Å². The van der Waals surface area contributed by atoms with Crippen LogP contribution < -0.4 is 5.32 Å². The topological polar surface area (TPSA) is 45.2 Å². The van der Waals surface area contributed by atoms with Gasteiger partial charge in [-0.05, 0) is 51.1 Å². The van der Waals surface area contributed by atoms with Crippen LogP contribution in [0.2, 0.25) is 5.02 Å². The number of aromatic nitrogens is 1. The summed E-state index contributed by atoms with van der Waals surface area (Å²) in [5.41, 5.74) is -0.149. The number of rotatable bonds is 5. The molecule has 2 aromatic rings. The van der Waals surface area contributed by atoms with Gasteiger partial charge in [-0.1, -0.05) is 11.6 Å². The first-order valence-electron chi connectivity index (χ1n) is 8.61. The molecule has 1 aliphatic rings. The summed E-state index contributed by atoms with van der Waals surface area (Å²) in [6.45, 7) is 5.07. The lowest BCUT2D eigenvalue weighted by molar-refractivity contribution is -0.137. The van der Waals surface area contributed by atoms with Crippen molar-refractivity contribution in [2.24, 2.45) is 0 Å². The van der Waals surface area contributed by atoms with E-state index in [-0.39, 0.29) is 16.5 Å². The second kappa shape index (κ2) is 8.16. The van der Waals surface area contributed by atoms with E-state index < -0.39 is 11.7 Å². The van der Waals surface area contributed by atoms with E-state index in [1.54, 1.807) is 6.92 Å². The zero-order valence-electron chi connectivity index (χ0n) is 14.7. The summed E-state index contributed by atoms with van der Waals surface area (Å²) in [6, 6.07) is 3.10. The highest BCUT2D eigenvalue weighted by atomic mass is 35.5. The van der Waals surface area contributed by atoms with Crippen molar-refractivity contribution >= 4 is 28.8 Å². The van der Waals surface area contributed by atoms with Gasteiger partial charge in [0.1, 0.15) is 9.88 Å². The smallest absolute Gasteiger partial charge is 0.350 e. The minimum atomic E-state index is -4.47. The zero-order chi connectivity index (χ0) is 19.6. The number of halogens is 4. The monoisotopic (exact) mass is 417 g/mol. The lowest BCUT2D eigenvalue weighted by Crippen LogP contribution is -2.33. The Morgan fingerprint density at radius 1 is 1.33 bits per heavy atom. The maximum absolute atomic E-state index is 13.0. The lowest BCUT2D eigenvalue weighted by atomic mass is 10.1. The highest BCUT2D eigenvalue weighted by Crippen LogP contribution is 2.38. The number of thiazole rings is 1. The van der Waals surface area contributed by atoms with E-state index in [1.165, 1.54) is 18.9 Å². The summed E-state index contributed by atoms with van der Waals surface area (Å²) >= 11 is 7.12. The van der Waals surface area contributed by atoms with Crippen molar-refractivity contribution in [3.63, 3.8) is 0 Å². The number of aryl methyl sites for hydroxylation is 1. The first-order valence-corrected chi connectivity index (χ1v) is 9.80. The Balaban J connectivity index is 1.75. The second-order valence-electron chi connectivity index (χ2n) is 6.43. The minimum absolute atomic E-state index is 0.165. The highest BCUT2D eigenvalue weighted by molar-refractivity contribution is 7.17. The van der Waals surface area contributed by atoms with Gasteiger partial charge in [-0.3, -0.25) is 4.79 Å². The molecule has 1 saturated heterocycles. The molecule has 0 radical (unpaired) electrons. The number of hydrogen-bond donors (Lipinski definition) is 1. The molecule has 2 heterocycles. The third kappa shape index (κ3) is 4.80. The zero-order valence-corrected chi connectivity index (χ0v) is 16.3. The molecule has 0 saturated carbocycles. The van der Waals surface area contributed by atoms with Gasteiger partial charge in [0.15, 0.2) is 0 Å². The van der Waals surface area contributed by atoms with E-state index >= 15 is 0 Å². The first kappa shape index (κ1) is 20.1. The number of hydrogen-bond acceptors (Lipinski definition) is 4. The number of amides is 1. The molecule has 0 spiro atoms. The molecule has 0 bridgehead atoms. The summed E-state index contributed by atoms with van der Waals surface area (Å²) in [5, 5.41) is 3.32. The molecule has 27 heavy (non-hydrogen) atoms. The number of nitrogens with one attached hydrogen (secondary N) is 1. The van der Waals surface area contributed by atoms with E-state index in [0.717, 1.165) is 43.1 Å². The number of benzene rings is 1. The van der Waals surface area contributed by atoms with Gasteiger partial charge in [-0.2, -0.15) is 13.2 Å². The van der Waals surface area contributed by atoms with Gasteiger partial charge in [-0.15, -0.1) is 11.3 Å². The van der Waals surface area contributed by atoms with Gasteiger partial charge in [0.2, 0.25) is 0 Å². The number of carbonyl (C=O) groups excluding carboxylic acids is 1. The van der Waals surface area contributed by atoms with Crippen LogP contribution in [-0.2, 0) is 6.18 Å². The van der Waals surface area contributed by atoms with Crippen LogP contribution in [0.3, 0.4) is 0 Å². The fourth-order valence-corrected chi connectivity index (χ4v) is 4.28. The molecule has 1 aromatic heterocycles. The summed E-state index contributed by atoms with van der Waals surface area (Å²) in [6.07, 6.45) is -2.10. The number of alkyl halides is 3. The van der Waals surface area contributed by atoms with Crippen molar-refractivity contribution < 1.29 is 18.0 Å². The third-order valence-corrected chi connectivity index (χ3v) is 5.96. The van der Waals surface area contributed by atoms with Crippen LogP contribution in [0.5, 0.6) is 0 Å². The predicted octanol–water partition coefficient (Wildman–Crippen LogP) is 4.62. The average Bonchev–Trinajstić information content (AvgIpc) is 3.23. The van der Waals surface area contributed by atoms with Gasteiger partial charge < -0.3 is 10.2 Å². The quantitative estimate of drug-likeness (QED) is 0.772. The number of carbonyl (C=O) groups is 1. The SMILES string of the molecule is Cc1nc(-c2cc(C(F)(F)F)ccc2Cl)sc1C(=O)NCCN1CCCC1. The van der Waals surface area contributed by atoms with Crippen molar-refractivity contribution in [3.8, 4) is 10.6 Å². The normalized spacial score (nSPS) is 15.3. The highest BCUT2D eigenvalue weighted by Gasteiger charge is 2.31.